The number of carbonyl (C=O) groups excluding carboxylic acids is 1. The minimum atomic E-state index is -0.439. The molecule has 6 nitrogen and oxygen atoms in total. The second-order valence-electron chi connectivity index (χ2n) is 6.74. The number of hydrogen-bond acceptors (Lipinski definition) is 6. The van der Waals surface area contributed by atoms with Crippen LogP contribution in [0.5, 0.6) is 0 Å². The summed E-state index contributed by atoms with van der Waals surface area (Å²) in [6.45, 7) is 0. The van der Waals surface area contributed by atoms with Gasteiger partial charge in [0.15, 0.2) is 5.82 Å². The summed E-state index contributed by atoms with van der Waals surface area (Å²) in [7, 11) is 0. The fraction of sp³-hybridized carbons (Fsp3) is 0.143. The van der Waals surface area contributed by atoms with E-state index in [9.17, 15) is 4.79 Å². The Hall–Kier alpha value is -3.32. The molecule has 1 aliphatic carbocycles. The minimum Gasteiger partial charge on any atom is -0.366 e. The zero-order valence-corrected chi connectivity index (χ0v) is 15.8. The van der Waals surface area contributed by atoms with E-state index in [2.05, 4.69) is 10.3 Å². The van der Waals surface area contributed by atoms with Gasteiger partial charge in [0, 0.05) is 34.1 Å². The van der Waals surface area contributed by atoms with Crippen LogP contribution in [0.15, 0.2) is 48.8 Å². The molecule has 3 N–H and O–H groups in total. The molecule has 0 saturated carbocycles. The van der Waals surface area contributed by atoms with Crippen molar-refractivity contribution in [3.05, 3.63) is 64.8 Å². The van der Waals surface area contributed by atoms with Gasteiger partial charge in [-0.1, -0.05) is 0 Å². The summed E-state index contributed by atoms with van der Waals surface area (Å²) >= 11 is 1.75. The number of nitrogens with two attached hydrogens (primary N) is 1. The predicted molar refractivity (Wildman–Crippen MR) is 111 cm³/mol. The first-order chi connectivity index (χ1) is 13.7. The topological polar surface area (TPSA) is 93.8 Å². The zero-order chi connectivity index (χ0) is 19.1. The van der Waals surface area contributed by atoms with Crippen molar-refractivity contribution in [2.45, 2.75) is 19.3 Å². The number of anilines is 2. The second-order valence-corrected chi connectivity index (χ2v) is 7.83. The normalized spacial score (nSPS) is 12.9. The van der Waals surface area contributed by atoms with E-state index in [-0.39, 0.29) is 0 Å². The van der Waals surface area contributed by atoms with Crippen LogP contribution in [0, 0.1) is 0 Å². The maximum Gasteiger partial charge on any atom is 0.248 e. The quantitative estimate of drug-likeness (QED) is 0.550. The van der Waals surface area contributed by atoms with E-state index >= 15 is 0 Å². The summed E-state index contributed by atoms with van der Waals surface area (Å²) in [5.74, 6) is 0.998. The van der Waals surface area contributed by atoms with Gasteiger partial charge in [-0.25, -0.2) is 9.97 Å². The number of fused-ring (bicyclic) bond motifs is 3. The first-order valence-corrected chi connectivity index (χ1v) is 9.90. The molecule has 0 spiro atoms. The molecule has 1 amide bonds. The second kappa shape index (κ2) is 6.69. The van der Waals surface area contributed by atoms with Gasteiger partial charge in [0.2, 0.25) is 5.91 Å². The van der Waals surface area contributed by atoms with Crippen molar-refractivity contribution < 1.29 is 4.79 Å². The molecule has 7 heteroatoms. The molecule has 0 aliphatic heterocycles. The van der Waals surface area contributed by atoms with E-state index in [1.165, 1.54) is 16.9 Å². The van der Waals surface area contributed by atoms with Gasteiger partial charge in [0.25, 0.3) is 0 Å². The van der Waals surface area contributed by atoms with Crippen molar-refractivity contribution in [3.63, 3.8) is 0 Å². The largest absolute Gasteiger partial charge is 0.366 e. The van der Waals surface area contributed by atoms with Crippen LogP contribution in [-0.4, -0.2) is 20.9 Å². The maximum atomic E-state index is 11.3. The highest BCUT2D eigenvalue weighted by molar-refractivity contribution is 7.19. The van der Waals surface area contributed by atoms with Gasteiger partial charge < -0.3 is 11.1 Å². The van der Waals surface area contributed by atoms with Crippen molar-refractivity contribution >= 4 is 39.0 Å². The molecule has 1 aliphatic rings. The number of primary amides is 1. The van der Waals surface area contributed by atoms with E-state index < -0.39 is 5.91 Å². The Labute approximate surface area is 165 Å². The predicted octanol–water partition coefficient (Wildman–Crippen LogP) is 4.08. The van der Waals surface area contributed by atoms with Gasteiger partial charge in [0.05, 0.1) is 5.39 Å². The lowest BCUT2D eigenvalue weighted by molar-refractivity contribution is 0.100. The van der Waals surface area contributed by atoms with Crippen LogP contribution in [0.1, 0.15) is 27.2 Å². The Morgan fingerprint density at radius 3 is 2.71 bits per heavy atom. The highest BCUT2D eigenvalue weighted by atomic mass is 32.1. The SMILES string of the molecule is NC(=O)c1ccc(Nc2nc(-c3cccnc3)nc3sc4c(c23)CCC4)cc1. The first kappa shape index (κ1) is 16.8. The lowest BCUT2D eigenvalue weighted by Crippen LogP contribution is -2.10. The smallest absolute Gasteiger partial charge is 0.248 e. The van der Waals surface area contributed by atoms with Crippen molar-refractivity contribution in [3.8, 4) is 11.4 Å². The third-order valence-corrected chi connectivity index (χ3v) is 6.10. The summed E-state index contributed by atoms with van der Waals surface area (Å²) in [6.07, 6.45) is 6.84. The molecule has 1 aromatic carbocycles. The van der Waals surface area contributed by atoms with E-state index in [4.69, 9.17) is 15.7 Å². The Kier molecular flexibility index (Phi) is 4.02. The van der Waals surface area contributed by atoms with Crippen LogP contribution in [-0.2, 0) is 12.8 Å². The van der Waals surface area contributed by atoms with E-state index in [0.29, 0.717) is 11.4 Å². The average molecular weight is 387 g/mol. The number of benzene rings is 1. The molecule has 0 saturated heterocycles. The number of amides is 1. The van der Waals surface area contributed by atoms with Crippen LogP contribution < -0.4 is 11.1 Å². The summed E-state index contributed by atoms with van der Waals surface area (Å²) in [6, 6.07) is 10.9. The van der Waals surface area contributed by atoms with E-state index in [0.717, 1.165) is 40.1 Å². The van der Waals surface area contributed by atoms with Crippen molar-refractivity contribution in [1.82, 2.24) is 15.0 Å². The van der Waals surface area contributed by atoms with Crippen LogP contribution in [0.4, 0.5) is 11.5 Å². The van der Waals surface area contributed by atoms with Crippen LogP contribution in [0.2, 0.25) is 0 Å². The number of carbonyl (C=O) groups is 1. The van der Waals surface area contributed by atoms with Gasteiger partial charge in [-0.05, 0) is 61.2 Å². The number of aromatic nitrogens is 3. The van der Waals surface area contributed by atoms with Crippen molar-refractivity contribution in [1.29, 1.82) is 0 Å². The Bertz CT molecular complexity index is 1190. The molecule has 28 heavy (non-hydrogen) atoms. The molecule has 3 aromatic heterocycles. The van der Waals surface area contributed by atoms with E-state index in [1.807, 2.05) is 24.3 Å². The summed E-state index contributed by atoms with van der Waals surface area (Å²) < 4.78 is 0. The van der Waals surface area contributed by atoms with E-state index in [1.54, 1.807) is 35.9 Å². The van der Waals surface area contributed by atoms with Gasteiger partial charge in [-0.3, -0.25) is 9.78 Å². The lowest BCUT2D eigenvalue weighted by atomic mass is 10.1. The molecule has 5 rings (SSSR count). The highest BCUT2D eigenvalue weighted by Gasteiger charge is 2.23. The molecule has 0 unspecified atom stereocenters. The maximum absolute atomic E-state index is 11.3. The number of pyridine rings is 1. The van der Waals surface area contributed by atoms with Gasteiger partial charge in [0.1, 0.15) is 10.6 Å². The fourth-order valence-electron chi connectivity index (χ4n) is 3.56. The third kappa shape index (κ3) is 2.90. The number of nitrogens with one attached hydrogen (secondary N) is 1. The Balaban J connectivity index is 1.64. The highest BCUT2D eigenvalue weighted by Crippen LogP contribution is 2.41. The Morgan fingerprint density at radius 1 is 1.11 bits per heavy atom. The van der Waals surface area contributed by atoms with Crippen LogP contribution >= 0.6 is 11.3 Å². The molecule has 3 heterocycles. The standard InChI is InChI=1S/C21H17N5OS/c22-18(27)12-6-8-14(9-7-12)24-20-17-15-4-1-5-16(15)28-21(17)26-19(25-20)13-3-2-10-23-11-13/h2-3,6-11H,1,4-5H2,(H2,22,27)(H,24,25,26). The third-order valence-electron chi connectivity index (χ3n) is 4.92. The van der Waals surface area contributed by atoms with Gasteiger partial charge in [-0.2, -0.15) is 0 Å². The molecule has 0 atom stereocenters. The fourth-order valence-corrected chi connectivity index (χ4v) is 4.83. The molecule has 0 radical (unpaired) electrons. The minimum absolute atomic E-state index is 0.439. The number of rotatable bonds is 4. The Morgan fingerprint density at radius 2 is 1.96 bits per heavy atom. The molecular formula is C21H17N5OS. The van der Waals surface area contributed by atoms with Crippen LogP contribution in [0.25, 0.3) is 21.6 Å². The van der Waals surface area contributed by atoms with Crippen molar-refractivity contribution in [2.24, 2.45) is 5.73 Å². The molecular weight excluding hydrogens is 370 g/mol. The van der Waals surface area contributed by atoms with Crippen LogP contribution in [0.3, 0.4) is 0 Å². The summed E-state index contributed by atoms with van der Waals surface area (Å²) in [5, 5.41) is 4.52. The number of aryl methyl sites for hydroxylation is 2. The first-order valence-electron chi connectivity index (χ1n) is 9.08. The zero-order valence-electron chi connectivity index (χ0n) is 15.0. The summed E-state index contributed by atoms with van der Waals surface area (Å²) in [4.78, 5) is 27.5. The molecule has 138 valence electrons. The molecule has 0 fully saturated rings. The average Bonchev–Trinajstić information content (AvgIpc) is 3.30. The molecule has 0 bridgehead atoms. The van der Waals surface area contributed by atoms with Gasteiger partial charge in [-0.15, -0.1) is 11.3 Å². The van der Waals surface area contributed by atoms with Gasteiger partial charge >= 0.3 is 0 Å². The number of hydrogen-bond donors (Lipinski definition) is 2. The number of nitrogens with zero attached hydrogens (tertiary/aromatic N) is 3. The number of thiophene rings is 1. The summed E-state index contributed by atoms with van der Waals surface area (Å²) in [5.41, 5.74) is 8.90. The molecule has 4 aromatic rings. The lowest BCUT2D eigenvalue weighted by Gasteiger charge is -2.10. The monoisotopic (exact) mass is 387 g/mol. The van der Waals surface area contributed by atoms with Crippen molar-refractivity contribution in [2.75, 3.05) is 5.32 Å².